The minimum Gasteiger partial charge on any atom is -0.366 e. The van der Waals surface area contributed by atoms with Crippen molar-refractivity contribution in [3.8, 4) is 0 Å². The van der Waals surface area contributed by atoms with Crippen LogP contribution in [0.15, 0.2) is 24.3 Å². The van der Waals surface area contributed by atoms with Gasteiger partial charge in [0.2, 0.25) is 5.91 Å². The van der Waals surface area contributed by atoms with Gasteiger partial charge in [0.15, 0.2) is 0 Å². The summed E-state index contributed by atoms with van der Waals surface area (Å²) in [6.07, 6.45) is 3.13. The lowest BCUT2D eigenvalue weighted by atomic mass is 9.99. The fraction of sp³-hybridized carbons (Fsp3) is 0.429. The number of rotatable bonds is 4. The molecule has 2 N–H and O–H groups in total. The van der Waals surface area contributed by atoms with Crippen LogP contribution in [0, 0.1) is 5.92 Å². The molecule has 1 aliphatic heterocycles. The zero-order valence-corrected chi connectivity index (χ0v) is 10.3. The van der Waals surface area contributed by atoms with Gasteiger partial charge in [0, 0.05) is 24.6 Å². The predicted octanol–water partition coefficient (Wildman–Crippen LogP) is 1.20. The summed E-state index contributed by atoms with van der Waals surface area (Å²) in [6, 6.07) is 7.34. The van der Waals surface area contributed by atoms with Gasteiger partial charge in [-0.15, -0.1) is 0 Å². The van der Waals surface area contributed by atoms with E-state index in [0.717, 1.165) is 44.3 Å². The number of benzene rings is 1. The highest BCUT2D eigenvalue weighted by molar-refractivity contribution is 5.92. The number of carbonyl (C=O) groups excluding carboxylic acids is 2. The van der Waals surface area contributed by atoms with Crippen LogP contribution in [0.4, 0.5) is 0 Å². The average molecular weight is 246 g/mol. The number of amides is 1. The standard InChI is InChI=1S/C14H18N2O2/c15-14(18)13-5-3-11(4-6-13)8-16-7-1-2-12(9-16)10-17/h3-6,10,12H,1-2,7-9H2,(H2,15,18). The topological polar surface area (TPSA) is 63.4 Å². The Balaban J connectivity index is 1.96. The largest absolute Gasteiger partial charge is 0.366 e. The van der Waals surface area contributed by atoms with E-state index in [1.165, 1.54) is 0 Å². The van der Waals surface area contributed by atoms with Crippen LogP contribution < -0.4 is 5.73 Å². The first-order valence-corrected chi connectivity index (χ1v) is 6.25. The van der Waals surface area contributed by atoms with Gasteiger partial charge >= 0.3 is 0 Å². The lowest BCUT2D eigenvalue weighted by Crippen LogP contribution is -2.35. The van der Waals surface area contributed by atoms with E-state index in [9.17, 15) is 9.59 Å². The molecule has 1 fully saturated rings. The molecule has 0 aromatic heterocycles. The second-order valence-corrected chi connectivity index (χ2v) is 4.83. The third-order valence-corrected chi connectivity index (χ3v) is 3.38. The van der Waals surface area contributed by atoms with Crippen LogP contribution in [-0.2, 0) is 11.3 Å². The van der Waals surface area contributed by atoms with Crippen LogP contribution in [0.1, 0.15) is 28.8 Å². The Morgan fingerprint density at radius 3 is 2.72 bits per heavy atom. The van der Waals surface area contributed by atoms with Gasteiger partial charge in [0.05, 0.1) is 0 Å². The number of nitrogens with zero attached hydrogens (tertiary/aromatic N) is 1. The van der Waals surface area contributed by atoms with Gasteiger partial charge in [-0.1, -0.05) is 12.1 Å². The lowest BCUT2D eigenvalue weighted by molar-refractivity contribution is -0.112. The van der Waals surface area contributed by atoms with Crippen molar-refractivity contribution in [2.75, 3.05) is 13.1 Å². The van der Waals surface area contributed by atoms with E-state index in [-0.39, 0.29) is 5.92 Å². The number of piperidine rings is 1. The van der Waals surface area contributed by atoms with Gasteiger partial charge in [-0.2, -0.15) is 0 Å². The molecule has 96 valence electrons. The summed E-state index contributed by atoms with van der Waals surface area (Å²) in [6.45, 7) is 2.69. The van der Waals surface area contributed by atoms with Crippen LogP contribution in [0.5, 0.6) is 0 Å². The summed E-state index contributed by atoms with van der Waals surface area (Å²) in [4.78, 5) is 24.0. The first-order chi connectivity index (χ1) is 8.69. The summed E-state index contributed by atoms with van der Waals surface area (Å²) in [5.74, 6) is -0.232. The molecule has 0 spiro atoms. The predicted molar refractivity (Wildman–Crippen MR) is 69.0 cm³/mol. The van der Waals surface area contributed by atoms with Crippen molar-refractivity contribution >= 4 is 12.2 Å². The maximum absolute atomic E-state index is 11.0. The van der Waals surface area contributed by atoms with Gasteiger partial charge in [-0.25, -0.2) is 0 Å². The highest BCUT2D eigenvalue weighted by Gasteiger charge is 2.19. The molecule has 1 atom stereocenters. The molecule has 4 nitrogen and oxygen atoms in total. The van der Waals surface area contributed by atoms with E-state index in [4.69, 9.17) is 5.73 Å². The summed E-state index contributed by atoms with van der Waals surface area (Å²) < 4.78 is 0. The minimum absolute atomic E-state index is 0.170. The second-order valence-electron chi connectivity index (χ2n) is 4.83. The molecular formula is C14H18N2O2. The second kappa shape index (κ2) is 5.78. The summed E-state index contributed by atoms with van der Waals surface area (Å²) in [5, 5.41) is 0. The molecule has 1 aromatic rings. The van der Waals surface area contributed by atoms with E-state index in [0.29, 0.717) is 5.56 Å². The maximum atomic E-state index is 11.0. The number of hydrogen-bond acceptors (Lipinski definition) is 3. The van der Waals surface area contributed by atoms with Crippen LogP contribution >= 0.6 is 0 Å². The zero-order chi connectivity index (χ0) is 13.0. The van der Waals surface area contributed by atoms with Crippen molar-refractivity contribution in [2.24, 2.45) is 11.7 Å². The molecule has 0 radical (unpaired) electrons. The van der Waals surface area contributed by atoms with Crippen LogP contribution in [0.25, 0.3) is 0 Å². The first kappa shape index (κ1) is 12.8. The Bertz CT molecular complexity index is 428. The van der Waals surface area contributed by atoms with Gasteiger partial charge < -0.3 is 10.5 Å². The number of likely N-dealkylation sites (tertiary alicyclic amines) is 1. The molecule has 1 aromatic carbocycles. The number of primary amides is 1. The van der Waals surface area contributed by atoms with Crippen molar-refractivity contribution in [3.63, 3.8) is 0 Å². The van der Waals surface area contributed by atoms with Crippen molar-refractivity contribution < 1.29 is 9.59 Å². The van der Waals surface area contributed by atoms with E-state index in [1.807, 2.05) is 12.1 Å². The molecule has 0 bridgehead atoms. The Hall–Kier alpha value is -1.68. The molecule has 0 saturated carbocycles. The lowest BCUT2D eigenvalue weighted by Gasteiger charge is -2.30. The zero-order valence-electron chi connectivity index (χ0n) is 10.3. The van der Waals surface area contributed by atoms with Crippen molar-refractivity contribution in [1.82, 2.24) is 4.90 Å². The summed E-state index contributed by atoms with van der Waals surface area (Å²) >= 11 is 0. The minimum atomic E-state index is -0.402. The number of aldehydes is 1. The van der Waals surface area contributed by atoms with Crippen molar-refractivity contribution in [3.05, 3.63) is 35.4 Å². The van der Waals surface area contributed by atoms with Crippen molar-refractivity contribution in [1.29, 1.82) is 0 Å². The van der Waals surface area contributed by atoms with Crippen LogP contribution in [0.2, 0.25) is 0 Å². The Kier molecular flexibility index (Phi) is 4.10. The molecule has 2 rings (SSSR count). The number of hydrogen-bond donors (Lipinski definition) is 1. The quantitative estimate of drug-likeness (QED) is 0.812. The molecule has 18 heavy (non-hydrogen) atoms. The molecule has 0 aliphatic carbocycles. The molecule has 1 unspecified atom stereocenters. The summed E-state index contributed by atoms with van der Waals surface area (Å²) in [7, 11) is 0. The molecule has 1 heterocycles. The smallest absolute Gasteiger partial charge is 0.248 e. The monoisotopic (exact) mass is 246 g/mol. The third kappa shape index (κ3) is 3.17. The molecule has 4 heteroatoms. The molecule has 1 saturated heterocycles. The fourth-order valence-electron chi connectivity index (χ4n) is 2.38. The number of nitrogens with two attached hydrogens (primary N) is 1. The molecular weight excluding hydrogens is 228 g/mol. The number of carbonyl (C=O) groups is 2. The van der Waals surface area contributed by atoms with Gasteiger partial charge in [0.1, 0.15) is 6.29 Å². The Morgan fingerprint density at radius 2 is 2.11 bits per heavy atom. The molecule has 1 aliphatic rings. The summed E-state index contributed by atoms with van der Waals surface area (Å²) in [5.41, 5.74) is 6.87. The normalized spacial score (nSPS) is 20.6. The van der Waals surface area contributed by atoms with E-state index in [1.54, 1.807) is 12.1 Å². The van der Waals surface area contributed by atoms with Gasteiger partial charge in [-0.05, 0) is 37.1 Å². The third-order valence-electron chi connectivity index (χ3n) is 3.38. The van der Waals surface area contributed by atoms with Crippen LogP contribution in [-0.4, -0.2) is 30.2 Å². The Labute approximate surface area is 107 Å². The highest BCUT2D eigenvalue weighted by atomic mass is 16.1. The van der Waals surface area contributed by atoms with E-state index in [2.05, 4.69) is 4.90 Å². The fourth-order valence-corrected chi connectivity index (χ4v) is 2.38. The van der Waals surface area contributed by atoms with Gasteiger partial charge in [-0.3, -0.25) is 9.69 Å². The first-order valence-electron chi connectivity index (χ1n) is 6.25. The van der Waals surface area contributed by atoms with Crippen molar-refractivity contribution in [2.45, 2.75) is 19.4 Å². The highest BCUT2D eigenvalue weighted by Crippen LogP contribution is 2.17. The maximum Gasteiger partial charge on any atom is 0.248 e. The van der Waals surface area contributed by atoms with Gasteiger partial charge in [0.25, 0.3) is 0 Å². The molecule has 1 amide bonds. The SMILES string of the molecule is NC(=O)c1ccc(CN2CCCC(C=O)C2)cc1. The van der Waals surface area contributed by atoms with E-state index >= 15 is 0 Å². The average Bonchev–Trinajstić information content (AvgIpc) is 2.39. The van der Waals surface area contributed by atoms with E-state index < -0.39 is 5.91 Å². The van der Waals surface area contributed by atoms with Crippen LogP contribution in [0.3, 0.4) is 0 Å². The Morgan fingerprint density at radius 1 is 1.39 bits per heavy atom.